The summed E-state index contributed by atoms with van der Waals surface area (Å²) in [6.07, 6.45) is -10.2. The first-order chi connectivity index (χ1) is 8.11. The maximum absolute atomic E-state index is 12.6. The Morgan fingerprint density at radius 3 is 1.94 bits per heavy atom. The first kappa shape index (κ1) is 14.8. The highest BCUT2D eigenvalue weighted by Gasteiger charge is 2.39. The van der Waals surface area contributed by atoms with Gasteiger partial charge in [-0.1, -0.05) is 0 Å². The van der Waals surface area contributed by atoms with Crippen LogP contribution in [0.3, 0.4) is 0 Å². The number of halogens is 7. The molecule has 0 saturated carbocycles. The molecule has 0 saturated heterocycles. The van der Waals surface area contributed by atoms with Crippen molar-refractivity contribution < 1.29 is 31.1 Å². The van der Waals surface area contributed by atoms with Crippen molar-refractivity contribution in [3.8, 4) is 0 Å². The molecule has 0 bridgehead atoms. The molecule has 0 aliphatic carbocycles. The lowest BCUT2D eigenvalue weighted by atomic mass is 9.98. The number of hydrogen-bond acceptors (Lipinski definition) is 1. The molecule has 0 fully saturated rings. The van der Waals surface area contributed by atoms with Crippen LogP contribution in [0.5, 0.6) is 0 Å². The molecule has 0 amide bonds. The number of hydrogen-bond donors (Lipinski definition) is 0. The summed E-state index contributed by atoms with van der Waals surface area (Å²) in [5.41, 5.74) is -4.50. The first-order valence-corrected chi connectivity index (χ1v) is 4.97. The summed E-state index contributed by atoms with van der Waals surface area (Å²) in [6, 6.07) is 0.339. The fourth-order valence-electron chi connectivity index (χ4n) is 1.36. The van der Waals surface area contributed by atoms with Crippen LogP contribution >= 0.6 is 11.6 Å². The van der Waals surface area contributed by atoms with E-state index in [1.807, 2.05) is 0 Å². The van der Waals surface area contributed by atoms with Crippen molar-refractivity contribution in [3.63, 3.8) is 0 Å². The number of benzene rings is 1. The van der Waals surface area contributed by atoms with Gasteiger partial charge in [0.1, 0.15) is 0 Å². The van der Waals surface area contributed by atoms with Crippen molar-refractivity contribution in [2.45, 2.75) is 18.2 Å². The third-order valence-electron chi connectivity index (χ3n) is 2.16. The second kappa shape index (κ2) is 4.79. The van der Waals surface area contributed by atoms with Crippen molar-refractivity contribution >= 4 is 17.9 Å². The van der Waals surface area contributed by atoms with Crippen molar-refractivity contribution in [3.05, 3.63) is 34.4 Å². The minimum absolute atomic E-state index is 0.0974. The van der Waals surface area contributed by atoms with E-state index in [1.165, 1.54) is 0 Å². The van der Waals surface area contributed by atoms with Crippen LogP contribution in [0.4, 0.5) is 26.3 Å². The summed E-state index contributed by atoms with van der Waals surface area (Å²) in [5, 5.41) is 0. The quantitative estimate of drug-likeness (QED) is 0.451. The first-order valence-electron chi connectivity index (χ1n) is 4.43. The van der Waals surface area contributed by atoms with Crippen LogP contribution in [0, 0.1) is 0 Å². The van der Waals surface area contributed by atoms with Crippen molar-refractivity contribution in [2.75, 3.05) is 0 Å². The number of carbonyl (C=O) groups excluding carboxylic acids is 1. The van der Waals surface area contributed by atoms with Gasteiger partial charge in [-0.05, 0) is 17.7 Å². The van der Waals surface area contributed by atoms with Gasteiger partial charge in [0, 0.05) is 11.4 Å². The minimum atomic E-state index is -5.06. The minimum Gasteiger partial charge on any atom is -0.298 e. The number of alkyl halides is 7. The predicted molar refractivity (Wildman–Crippen MR) is 51.4 cm³/mol. The van der Waals surface area contributed by atoms with Gasteiger partial charge < -0.3 is 0 Å². The molecule has 0 spiro atoms. The maximum atomic E-state index is 12.6. The summed E-state index contributed by atoms with van der Waals surface area (Å²) < 4.78 is 74.9. The van der Waals surface area contributed by atoms with Crippen LogP contribution in [-0.2, 0) is 18.2 Å². The molecular weight excluding hydrogens is 286 g/mol. The number of rotatable bonds is 2. The van der Waals surface area contributed by atoms with E-state index in [-0.39, 0.29) is 12.4 Å². The van der Waals surface area contributed by atoms with Gasteiger partial charge >= 0.3 is 12.4 Å². The highest BCUT2D eigenvalue weighted by Crippen LogP contribution is 2.38. The standard InChI is InChI=1S/C10H5ClF6O/c11-3-5-1-6(9(12,13)14)2-8(7(5)4-18)10(15,16)17/h1-2,4H,3H2. The zero-order valence-corrected chi connectivity index (χ0v) is 9.25. The molecule has 100 valence electrons. The third-order valence-corrected chi connectivity index (χ3v) is 2.45. The van der Waals surface area contributed by atoms with Crippen LogP contribution in [0.25, 0.3) is 0 Å². The molecule has 1 aromatic rings. The molecule has 0 heterocycles. The summed E-state index contributed by atoms with van der Waals surface area (Å²) >= 11 is 5.26. The molecule has 1 aromatic carbocycles. The Labute approximate surface area is 102 Å². The Hall–Kier alpha value is -1.24. The van der Waals surface area contributed by atoms with Gasteiger partial charge in [0.2, 0.25) is 0 Å². The van der Waals surface area contributed by atoms with Gasteiger partial charge in [0.05, 0.1) is 11.1 Å². The topological polar surface area (TPSA) is 17.1 Å². The molecule has 18 heavy (non-hydrogen) atoms. The van der Waals surface area contributed by atoms with Gasteiger partial charge in [-0.3, -0.25) is 4.79 Å². The Kier molecular flexibility index (Phi) is 3.95. The fourth-order valence-corrected chi connectivity index (χ4v) is 1.58. The Balaban J connectivity index is 3.62. The zero-order valence-electron chi connectivity index (χ0n) is 8.49. The lowest BCUT2D eigenvalue weighted by Gasteiger charge is -2.16. The number of aldehydes is 1. The van der Waals surface area contributed by atoms with Crippen LogP contribution in [0.15, 0.2) is 12.1 Å². The summed E-state index contributed by atoms with van der Waals surface area (Å²) in [4.78, 5) is 10.6. The van der Waals surface area contributed by atoms with E-state index < -0.39 is 40.5 Å². The second-order valence-electron chi connectivity index (χ2n) is 3.34. The monoisotopic (exact) mass is 290 g/mol. The van der Waals surface area contributed by atoms with Gasteiger partial charge in [0.15, 0.2) is 6.29 Å². The van der Waals surface area contributed by atoms with Gasteiger partial charge in [0.25, 0.3) is 0 Å². The third kappa shape index (κ3) is 2.95. The SMILES string of the molecule is O=Cc1c(CCl)cc(C(F)(F)F)cc1C(F)(F)F. The zero-order chi connectivity index (χ0) is 14.1. The Morgan fingerprint density at radius 1 is 1.06 bits per heavy atom. The largest absolute Gasteiger partial charge is 0.417 e. The van der Waals surface area contributed by atoms with Crippen LogP contribution < -0.4 is 0 Å². The smallest absolute Gasteiger partial charge is 0.298 e. The Morgan fingerprint density at radius 2 is 1.61 bits per heavy atom. The molecular formula is C10H5ClF6O. The van der Waals surface area contributed by atoms with E-state index in [0.29, 0.717) is 6.07 Å². The molecule has 0 unspecified atom stereocenters. The molecule has 0 aliphatic rings. The fraction of sp³-hybridized carbons (Fsp3) is 0.300. The molecule has 8 heteroatoms. The van der Waals surface area contributed by atoms with E-state index in [4.69, 9.17) is 11.6 Å². The number of carbonyl (C=O) groups is 1. The lowest BCUT2D eigenvalue weighted by Crippen LogP contribution is -2.15. The molecule has 1 nitrogen and oxygen atoms in total. The molecule has 0 N–H and O–H groups in total. The van der Waals surface area contributed by atoms with Crippen molar-refractivity contribution in [1.29, 1.82) is 0 Å². The maximum Gasteiger partial charge on any atom is 0.417 e. The average Bonchev–Trinajstić information content (AvgIpc) is 2.24. The van der Waals surface area contributed by atoms with Crippen molar-refractivity contribution in [1.82, 2.24) is 0 Å². The van der Waals surface area contributed by atoms with E-state index in [0.717, 1.165) is 0 Å². The van der Waals surface area contributed by atoms with E-state index in [9.17, 15) is 31.1 Å². The lowest BCUT2D eigenvalue weighted by molar-refractivity contribution is -0.143. The summed E-state index contributed by atoms with van der Waals surface area (Å²) in [6.45, 7) is 0. The predicted octanol–water partition coefficient (Wildman–Crippen LogP) is 4.28. The van der Waals surface area contributed by atoms with E-state index in [1.54, 1.807) is 0 Å². The molecule has 0 atom stereocenters. The molecule has 0 aromatic heterocycles. The average molecular weight is 291 g/mol. The van der Waals surface area contributed by atoms with Crippen LogP contribution in [0.2, 0.25) is 0 Å². The second-order valence-corrected chi connectivity index (χ2v) is 3.61. The van der Waals surface area contributed by atoms with Crippen molar-refractivity contribution in [2.24, 2.45) is 0 Å². The van der Waals surface area contributed by atoms with E-state index >= 15 is 0 Å². The van der Waals surface area contributed by atoms with Gasteiger partial charge in [-0.25, -0.2) is 0 Å². The summed E-state index contributed by atoms with van der Waals surface area (Å²) in [7, 11) is 0. The molecule has 0 aliphatic heterocycles. The molecule has 1 rings (SSSR count). The van der Waals surface area contributed by atoms with E-state index in [2.05, 4.69) is 0 Å². The molecule has 0 radical (unpaired) electrons. The Bertz CT molecular complexity index is 463. The summed E-state index contributed by atoms with van der Waals surface area (Å²) in [5.74, 6) is -0.624. The normalized spacial score (nSPS) is 12.6. The van der Waals surface area contributed by atoms with Gasteiger partial charge in [-0.15, -0.1) is 11.6 Å². The highest BCUT2D eigenvalue weighted by atomic mass is 35.5. The van der Waals surface area contributed by atoms with Gasteiger partial charge in [-0.2, -0.15) is 26.3 Å². The van der Waals surface area contributed by atoms with Crippen LogP contribution in [0.1, 0.15) is 27.0 Å². The highest BCUT2D eigenvalue weighted by molar-refractivity contribution is 6.17. The van der Waals surface area contributed by atoms with Crippen LogP contribution in [-0.4, -0.2) is 6.29 Å².